The first-order chi connectivity index (χ1) is 15.7. The summed E-state index contributed by atoms with van der Waals surface area (Å²) in [4.78, 5) is 4.90. The van der Waals surface area contributed by atoms with E-state index in [4.69, 9.17) is 27.1 Å². The maximum absolute atomic E-state index is 6.41. The van der Waals surface area contributed by atoms with Crippen LogP contribution < -0.4 is 10.5 Å². The van der Waals surface area contributed by atoms with Crippen LogP contribution in [0.2, 0.25) is 5.02 Å². The van der Waals surface area contributed by atoms with E-state index in [-0.39, 0.29) is 5.92 Å². The van der Waals surface area contributed by atoms with Gasteiger partial charge < -0.3 is 10.5 Å². The van der Waals surface area contributed by atoms with Gasteiger partial charge in [-0.2, -0.15) is 0 Å². The van der Waals surface area contributed by atoms with Gasteiger partial charge in [-0.05, 0) is 35.9 Å². The van der Waals surface area contributed by atoms with E-state index in [1.54, 1.807) is 7.11 Å². The van der Waals surface area contributed by atoms with Gasteiger partial charge in [0.2, 0.25) is 0 Å². The van der Waals surface area contributed by atoms with E-state index in [1.807, 2.05) is 60.7 Å². The fourth-order valence-corrected chi connectivity index (χ4v) is 4.31. The van der Waals surface area contributed by atoms with Gasteiger partial charge in [0.1, 0.15) is 18.1 Å². The molecule has 7 heteroatoms. The van der Waals surface area contributed by atoms with Gasteiger partial charge >= 0.3 is 0 Å². The molecule has 1 aliphatic heterocycles. The maximum Gasteiger partial charge on any atom is 0.159 e. The summed E-state index contributed by atoms with van der Waals surface area (Å²) in [5, 5.41) is 9.69. The summed E-state index contributed by atoms with van der Waals surface area (Å²) in [7, 11) is 1.65. The summed E-state index contributed by atoms with van der Waals surface area (Å²) in [6.45, 7) is 0.777. The number of halogens is 1. The number of benzene rings is 3. The van der Waals surface area contributed by atoms with Gasteiger partial charge in [0.25, 0.3) is 0 Å². The van der Waals surface area contributed by atoms with Crippen molar-refractivity contribution in [1.82, 2.24) is 14.8 Å². The molecule has 1 atom stereocenters. The molecule has 1 aliphatic rings. The van der Waals surface area contributed by atoms with Crippen LogP contribution in [0.3, 0.4) is 0 Å². The van der Waals surface area contributed by atoms with Gasteiger partial charge in [0, 0.05) is 22.7 Å². The monoisotopic (exact) mass is 443 g/mol. The molecule has 5 rings (SSSR count). The minimum absolute atomic E-state index is 0.159. The molecule has 2 heterocycles. The number of aromatic nitrogens is 3. The topological polar surface area (TPSA) is 78.3 Å². The van der Waals surface area contributed by atoms with E-state index in [0.29, 0.717) is 18.1 Å². The first-order valence-electron chi connectivity index (χ1n) is 10.4. The van der Waals surface area contributed by atoms with Crippen molar-refractivity contribution in [3.05, 3.63) is 106 Å². The first kappa shape index (κ1) is 20.4. The zero-order valence-corrected chi connectivity index (χ0v) is 18.3. The van der Waals surface area contributed by atoms with E-state index in [2.05, 4.69) is 26.9 Å². The van der Waals surface area contributed by atoms with E-state index in [1.165, 1.54) is 0 Å². The second-order valence-electron chi connectivity index (χ2n) is 7.57. The average molecular weight is 444 g/mol. The van der Waals surface area contributed by atoms with E-state index >= 15 is 0 Å². The van der Waals surface area contributed by atoms with Crippen LogP contribution in [-0.2, 0) is 6.54 Å². The number of nitrogens with zero attached hydrogens (tertiary/aromatic N) is 4. The van der Waals surface area contributed by atoms with Crippen molar-refractivity contribution in [2.24, 2.45) is 10.7 Å². The smallest absolute Gasteiger partial charge is 0.159 e. The second kappa shape index (κ2) is 8.57. The number of methoxy groups -OCH3 is 1. The molecule has 0 radical (unpaired) electrons. The summed E-state index contributed by atoms with van der Waals surface area (Å²) >= 11 is 6.41. The highest BCUT2D eigenvalue weighted by Crippen LogP contribution is 2.32. The van der Waals surface area contributed by atoms with Crippen molar-refractivity contribution in [3.8, 4) is 11.4 Å². The maximum atomic E-state index is 6.41. The summed E-state index contributed by atoms with van der Waals surface area (Å²) in [6, 6.07) is 23.8. The van der Waals surface area contributed by atoms with Crippen molar-refractivity contribution < 1.29 is 4.74 Å². The predicted molar refractivity (Wildman–Crippen MR) is 126 cm³/mol. The average Bonchev–Trinajstić information content (AvgIpc) is 3.16. The molecule has 6 nitrogen and oxygen atoms in total. The third-order valence-electron chi connectivity index (χ3n) is 5.68. The van der Waals surface area contributed by atoms with Crippen LogP contribution in [0.1, 0.15) is 34.3 Å². The molecule has 0 aliphatic carbocycles. The molecule has 32 heavy (non-hydrogen) atoms. The molecular weight excluding hydrogens is 422 g/mol. The molecule has 0 saturated heterocycles. The highest BCUT2D eigenvalue weighted by atomic mass is 35.5. The number of nitrogens with two attached hydrogens (primary N) is 1. The molecule has 1 unspecified atom stereocenters. The zero-order valence-electron chi connectivity index (χ0n) is 17.6. The lowest BCUT2D eigenvalue weighted by Gasteiger charge is -2.19. The van der Waals surface area contributed by atoms with Crippen LogP contribution in [0.5, 0.6) is 5.75 Å². The number of rotatable bonds is 5. The third-order valence-corrected chi connectivity index (χ3v) is 5.91. The lowest BCUT2D eigenvalue weighted by Crippen LogP contribution is -2.19. The molecule has 4 aromatic rings. The van der Waals surface area contributed by atoms with Gasteiger partial charge in [0.15, 0.2) is 5.82 Å². The molecule has 0 fully saturated rings. The minimum atomic E-state index is -0.159. The fourth-order valence-electron chi connectivity index (χ4n) is 4.14. The SMILES string of the molecule is COc1cccc(C(CN)c2nnc3n2-c2ccc(Cl)cc2C(c2ccccc2)=NC3)c1. The second-order valence-corrected chi connectivity index (χ2v) is 8.00. The number of hydrogen-bond donors (Lipinski definition) is 1. The lowest BCUT2D eigenvalue weighted by molar-refractivity contribution is 0.414. The Morgan fingerprint density at radius 3 is 2.66 bits per heavy atom. The Kier molecular flexibility index (Phi) is 5.47. The normalized spacial score (nSPS) is 13.5. The van der Waals surface area contributed by atoms with Crippen LogP contribution in [0, 0.1) is 0 Å². The molecule has 2 N–H and O–H groups in total. The van der Waals surface area contributed by atoms with Crippen molar-refractivity contribution in [2.45, 2.75) is 12.5 Å². The Labute approximate surface area is 191 Å². The van der Waals surface area contributed by atoms with Crippen LogP contribution in [0.25, 0.3) is 5.69 Å². The van der Waals surface area contributed by atoms with Crippen molar-refractivity contribution in [1.29, 1.82) is 0 Å². The number of hydrogen-bond acceptors (Lipinski definition) is 5. The lowest BCUT2D eigenvalue weighted by atomic mass is 9.97. The molecule has 0 saturated carbocycles. The van der Waals surface area contributed by atoms with Crippen LogP contribution in [0.4, 0.5) is 0 Å². The Morgan fingerprint density at radius 2 is 1.88 bits per heavy atom. The molecule has 0 spiro atoms. The third kappa shape index (κ3) is 3.57. The van der Waals surface area contributed by atoms with Crippen LogP contribution >= 0.6 is 11.6 Å². The van der Waals surface area contributed by atoms with Gasteiger partial charge in [-0.3, -0.25) is 9.56 Å². The summed E-state index contributed by atoms with van der Waals surface area (Å²) < 4.78 is 7.49. The zero-order chi connectivity index (χ0) is 22.1. The first-order valence-corrected chi connectivity index (χ1v) is 10.8. The Hall–Kier alpha value is -3.48. The van der Waals surface area contributed by atoms with E-state index in [0.717, 1.165) is 45.5 Å². The quantitative estimate of drug-likeness (QED) is 0.496. The van der Waals surface area contributed by atoms with E-state index in [9.17, 15) is 0 Å². The number of ether oxygens (including phenoxy) is 1. The largest absolute Gasteiger partial charge is 0.497 e. The summed E-state index contributed by atoms with van der Waals surface area (Å²) in [5.74, 6) is 2.14. The van der Waals surface area contributed by atoms with Crippen LogP contribution in [-0.4, -0.2) is 34.1 Å². The Morgan fingerprint density at radius 1 is 1.03 bits per heavy atom. The van der Waals surface area contributed by atoms with E-state index < -0.39 is 0 Å². The Balaban J connectivity index is 1.69. The highest BCUT2D eigenvalue weighted by Gasteiger charge is 2.27. The van der Waals surface area contributed by atoms with Gasteiger partial charge in [0.05, 0.1) is 24.4 Å². The highest BCUT2D eigenvalue weighted by molar-refractivity contribution is 6.31. The molecule has 0 amide bonds. The molecule has 160 valence electrons. The fraction of sp³-hybridized carbons (Fsp3) is 0.160. The Bertz CT molecular complexity index is 1300. The number of aliphatic imine (C=N–C) groups is 1. The minimum Gasteiger partial charge on any atom is -0.497 e. The molecule has 3 aromatic carbocycles. The summed E-state index contributed by atoms with van der Waals surface area (Å²) in [5.41, 5.74) is 11.0. The van der Waals surface area contributed by atoms with Crippen LogP contribution in [0.15, 0.2) is 77.8 Å². The van der Waals surface area contributed by atoms with Gasteiger partial charge in [-0.25, -0.2) is 0 Å². The standard InChI is InChI=1S/C25H22ClN5O/c1-32-19-9-5-8-17(12-19)21(14-27)25-30-29-23-15-28-24(16-6-3-2-4-7-16)20-13-18(26)10-11-22(20)31(23)25/h2-13,21H,14-15,27H2,1H3. The van der Waals surface area contributed by atoms with Crippen molar-refractivity contribution >= 4 is 17.3 Å². The van der Waals surface area contributed by atoms with Crippen molar-refractivity contribution in [2.75, 3.05) is 13.7 Å². The summed E-state index contributed by atoms with van der Waals surface area (Å²) in [6.07, 6.45) is 0. The van der Waals surface area contributed by atoms with Gasteiger partial charge in [-0.15, -0.1) is 10.2 Å². The van der Waals surface area contributed by atoms with Crippen molar-refractivity contribution in [3.63, 3.8) is 0 Å². The molecular formula is C25H22ClN5O. The van der Waals surface area contributed by atoms with Gasteiger partial charge in [-0.1, -0.05) is 54.1 Å². The number of fused-ring (bicyclic) bond motifs is 3. The molecule has 0 bridgehead atoms. The predicted octanol–water partition coefficient (Wildman–Crippen LogP) is 4.37. The molecule has 1 aromatic heterocycles.